The molecule has 1 aromatic carbocycles. The summed E-state index contributed by atoms with van der Waals surface area (Å²) in [6, 6.07) is 6.37. The molecule has 35 heavy (non-hydrogen) atoms. The number of nitrogens with one attached hydrogen (secondary N) is 3. The number of carbonyl (C=O) groups is 2. The highest BCUT2D eigenvalue weighted by molar-refractivity contribution is 7.15. The number of carbonyl (C=O) groups excluding carboxylic acids is 2. The van der Waals surface area contributed by atoms with E-state index >= 15 is 0 Å². The summed E-state index contributed by atoms with van der Waals surface area (Å²) in [5.41, 5.74) is 4.32. The van der Waals surface area contributed by atoms with Crippen molar-refractivity contribution in [1.29, 1.82) is 0 Å². The minimum Gasteiger partial charge on any atom is -0.455 e. The highest BCUT2D eigenvalue weighted by Crippen LogP contribution is 2.33. The van der Waals surface area contributed by atoms with E-state index < -0.39 is 16.7 Å². The van der Waals surface area contributed by atoms with Crippen LogP contribution in [-0.2, 0) is 11.2 Å². The van der Waals surface area contributed by atoms with E-state index in [1.54, 1.807) is 25.1 Å². The summed E-state index contributed by atoms with van der Waals surface area (Å²) in [5, 5.41) is 32.0. The van der Waals surface area contributed by atoms with Crippen molar-refractivity contribution in [3.05, 3.63) is 68.4 Å². The van der Waals surface area contributed by atoms with Crippen LogP contribution in [0.4, 0.5) is 10.8 Å². The number of aromatic amines is 1. The van der Waals surface area contributed by atoms with Crippen LogP contribution in [0.5, 0.6) is 0 Å². The molecule has 0 spiro atoms. The van der Waals surface area contributed by atoms with Crippen LogP contribution in [0.2, 0.25) is 0 Å². The van der Waals surface area contributed by atoms with Crippen molar-refractivity contribution in [2.24, 2.45) is 5.10 Å². The number of anilines is 1. The number of nitrogens with zero attached hydrogens (tertiary/aromatic N) is 6. The van der Waals surface area contributed by atoms with Gasteiger partial charge in [-0.2, -0.15) is 10.2 Å². The molecule has 0 aliphatic rings. The first-order valence-electron chi connectivity index (χ1n) is 9.97. The topological polar surface area (TPSA) is 194 Å². The van der Waals surface area contributed by atoms with Gasteiger partial charge in [0, 0.05) is 6.07 Å². The van der Waals surface area contributed by atoms with E-state index in [0.29, 0.717) is 22.1 Å². The first-order chi connectivity index (χ1) is 16.8. The number of benzene rings is 1. The molecule has 0 atom stereocenters. The normalized spacial score (nSPS) is 11.0. The molecule has 14 nitrogen and oxygen atoms in total. The molecule has 0 radical (unpaired) electrons. The number of aryl methyl sites for hydroxylation is 2. The highest BCUT2D eigenvalue weighted by atomic mass is 32.1. The first-order valence-corrected chi connectivity index (χ1v) is 10.8. The molecule has 0 saturated heterocycles. The molecule has 4 rings (SSSR count). The van der Waals surface area contributed by atoms with Crippen LogP contribution in [0.1, 0.15) is 32.5 Å². The number of hydrazone groups is 1. The second kappa shape index (κ2) is 10.0. The Morgan fingerprint density at radius 2 is 2.06 bits per heavy atom. The third-order valence-corrected chi connectivity index (χ3v) is 5.55. The Balaban J connectivity index is 1.34. The van der Waals surface area contributed by atoms with E-state index in [4.69, 9.17) is 4.42 Å². The van der Waals surface area contributed by atoms with Gasteiger partial charge in [-0.3, -0.25) is 30.1 Å². The average molecular weight is 495 g/mol. The van der Waals surface area contributed by atoms with Gasteiger partial charge in [-0.1, -0.05) is 11.3 Å². The van der Waals surface area contributed by atoms with Gasteiger partial charge >= 0.3 is 0 Å². The monoisotopic (exact) mass is 495 g/mol. The molecule has 3 aromatic heterocycles. The molecular formula is C20H17N9O5S. The molecule has 2 amide bonds. The number of furan rings is 1. The molecule has 3 heterocycles. The third-order valence-electron chi connectivity index (χ3n) is 4.71. The van der Waals surface area contributed by atoms with Crippen molar-refractivity contribution in [3.63, 3.8) is 0 Å². The Kier molecular flexibility index (Phi) is 6.68. The largest absolute Gasteiger partial charge is 0.455 e. The van der Waals surface area contributed by atoms with Crippen molar-refractivity contribution in [3.8, 4) is 11.3 Å². The van der Waals surface area contributed by atoms with Crippen molar-refractivity contribution < 1.29 is 18.9 Å². The zero-order valence-electron chi connectivity index (χ0n) is 18.3. The minimum absolute atomic E-state index is 0.0158. The fourth-order valence-corrected chi connectivity index (χ4v) is 3.64. The Labute approximate surface area is 200 Å². The van der Waals surface area contributed by atoms with E-state index in [1.165, 1.54) is 18.6 Å². The van der Waals surface area contributed by atoms with Crippen LogP contribution in [0.3, 0.4) is 0 Å². The second-order valence-electron chi connectivity index (χ2n) is 7.17. The zero-order valence-corrected chi connectivity index (χ0v) is 19.1. The molecule has 0 saturated carbocycles. The van der Waals surface area contributed by atoms with Crippen molar-refractivity contribution in [1.82, 2.24) is 30.8 Å². The number of amides is 2. The third kappa shape index (κ3) is 5.59. The molecule has 0 fully saturated rings. The van der Waals surface area contributed by atoms with Gasteiger partial charge in [0.25, 0.3) is 11.6 Å². The van der Waals surface area contributed by atoms with Gasteiger partial charge in [0.05, 0.1) is 23.1 Å². The number of H-pyrrole nitrogens is 1. The summed E-state index contributed by atoms with van der Waals surface area (Å²) in [6.45, 7) is 3.65. The van der Waals surface area contributed by atoms with Gasteiger partial charge in [-0.05, 0) is 43.2 Å². The van der Waals surface area contributed by atoms with E-state index in [2.05, 4.69) is 41.2 Å². The molecule has 0 aliphatic carbocycles. The highest BCUT2D eigenvalue weighted by Gasteiger charge is 2.19. The summed E-state index contributed by atoms with van der Waals surface area (Å²) in [6.07, 6.45) is 2.35. The number of rotatable bonds is 8. The van der Waals surface area contributed by atoms with Crippen LogP contribution in [0.15, 0.2) is 40.1 Å². The van der Waals surface area contributed by atoms with Crippen LogP contribution in [-0.4, -0.2) is 48.3 Å². The molecular weight excluding hydrogens is 478 g/mol. The SMILES string of the molecule is Cc1cc(-c2ccc(/C=N\NC(=O)Cc3nnc(NC(=O)c4ncn[nH]4)s3)o2)c([N+](=O)[O-])cc1C. The summed E-state index contributed by atoms with van der Waals surface area (Å²) >= 11 is 1.02. The fourth-order valence-electron chi connectivity index (χ4n) is 2.91. The van der Waals surface area contributed by atoms with E-state index in [1.807, 2.05) is 6.92 Å². The first kappa shape index (κ1) is 23.4. The lowest BCUT2D eigenvalue weighted by Gasteiger charge is -2.04. The van der Waals surface area contributed by atoms with Crippen LogP contribution in [0, 0.1) is 24.0 Å². The molecule has 178 valence electrons. The van der Waals surface area contributed by atoms with Crippen LogP contribution < -0.4 is 10.7 Å². The van der Waals surface area contributed by atoms with Gasteiger partial charge < -0.3 is 4.42 Å². The predicted octanol–water partition coefficient (Wildman–Crippen LogP) is 2.39. The quantitative estimate of drug-likeness (QED) is 0.187. The summed E-state index contributed by atoms with van der Waals surface area (Å²) < 4.78 is 5.65. The lowest BCUT2D eigenvalue weighted by molar-refractivity contribution is -0.384. The Hall–Kier alpha value is -4.79. The van der Waals surface area contributed by atoms with Crippen LogP contribution >= 0.6 is 11.3 Å². The van der Waals surface area contributed by atoms with Crippen molar-refractivity contribution in [2.45, 2.75) is 20.3 Å². The number of hydrogen-bond donors (Lipinski definition) is 3. The van der Waals surface area contributed by atoms with Gasteiger partial charge in [0.15, 0.2) is 0 Å². The molecule has 0 bridgehead atoms. The maximum absolute atomic E-state index is 12.1. The van der Waals surface area contributed by atoms with Gasteiger partial charge in [-0.15, -0.1) is 10.2 Å². The van der Waals surface area contributed by atoms with Gasteiger partial charge in [-0.25, -0.2) is 10.4 Å². The molecule has 0 aliphatic heterocycles. The lowest BCUT2D eigenvalue weighted by Crippen LogP contribution is -2.19. The summed E-state index contributed by atoms with van der Waals surface area (Å²) in [5.74, 6) is -0.394. The van der Waals surface area contributed by atoms with Gasteiger partial charge in [0.2, 0.25) is 16.9 Å². The van der Waals surface area contributed by atoms with Crippen LogP contribution in [0.25, 0.3) is 11.3 Å². The average Bonchev–Trinajstić information content (AvgIpc) is 3.58. The second-order valence-corrected chi connectivity index (χ2v) is 8.23. The fraction of sp³-hybridized carbons (Fsp3) is 0.150. The zero-order chi connectivity index (χ0) is 24.9. The number of nitro benzene ring substituents is 1. The van der Waals surface area contributed by atoms with E-state index in [0.717, 1.165) is 22.5 Å². The molecule has 3 N–H and O–H groups in total. The maximum atomic E-state index is 12.1. The van der Waals surface area contributed by atoms with E-state index in [9.17, 15) is 19.7 Å². The minimum atomic E-state index is -0.539. The summed E-state index contributed by atoms with van der Waals surface area (Å²) in [7, 11) is 0. The summed E-state index contributed by atoms with van der Waals surface area (Å²) in [4.78, 5) is 38.7. The number of nitro groups is 1. The lowest BCUT2D eigenvalue weighted by atomic mass is 10.0. The Morgan fingerprint density at radius 1 is 1.26 bits per heavy atom. The number of aromatic nitrogens is 5. The van der Waals surface area contributed by atoms with Crippen molar-refractivity contribution >= 4 is 40.2 Å². The molecule has 15 heteroatoms. The number of hydrogen-bond acceptors (Lipinski definition) is 11. The predicted molar refractivity (Wildman–Crippen MR) is 124 cm³/mol. The Morgan fingerprint density at radius 3 is 2.80 bits per heavy atom. The maximum Gasteiger partial charge on any atom is 0.294 e. The van der Waals surface area contributed by atoms with Gasteiger partial charge in [0.1, 0.15) is 22.9 Å². The molecule has 0 unspecified atom stereocenters. The standard InChI is InChI=1S/C20H17N9O5S/c1-10-5-13(14(29(32)33)6-11(10)2)15-4-3-12(34-15)8-22-25-16(30)7-17-26-28-20(35-17)24-19(31)18-21-9-23-27-18/h3-6,8-9H,7H2,1-2H3,(H,25,30)(H,21,23,27)(H,24,28,31)/b22-8-. The van der Waals surface area contributed by atoms with Crippen molar-refractivity contribution in [2.75, 3.05) is 5.32 Å². The Bertz CT molecular complexity index is 1420. The van der Waals surface area contributed by atoms with E-state index in [-0.39, 0.29) is 23.1 Å². The smallest absolute Gasteiger partial charge is 0.294 e. The molecule has 4 aromatic rings.